The van der Waals surface area contributed by atoms with Crippen LogP contribution in [-0.2, 0) is 6.42 Å². The van der Waals surface area contributed by atoms with E-state index in [-0.39, 0.29) is 12.4 Å². The van der Waals surface area contributed by atoms with Crippen molar-refractivity contribution < 1.29 is 4.74 Å². The molecule has 0 aromatic heterocycles. The summed E-state index contributed by atoms with van der Waals surface area (Å²) in [6.07, 6.45) is 3.50. The van der Waals surface area contributed by atoms with Crippen molar-refractivity contribution in [2.24, 2.45) is 0 Å². The highest BCUT2D eigenvalue weighted by molar-refractivity contribution is 5.85. The summed E-state index contributed by atoms with van der Waals surface area (Å²) >= 11 is 0. The van der Waals surface area contributed by atoms with E-state index >= 15 is 0 Å². The van der Waals surface area contributed by atoms with E-state index in [1.54, 1.807) is 7.11 Å². The van der Waals surface area contributed by atoms with Crippen molar-refractivity contribution in [1.82, 2.24) is 5.32 Å². The zero-order chi connectivity index (χ0) is 14.5. The highest BCUT2D eigenvalue weighted by Gasteiger charge is 2.17. The molecule has 1 heterocycles. The maximum absolute atomic E-state index is 5.23. The number of nitrogens with one attached hydrogen (secondary N) is 1. The van der Waals surface area contributed by atoms with Gasteiger partial charge in [0, 0.05) is 0 Å². The van der Waals surface area contributed by atoms with Crippen molar-refractivity contribution in [2.75, 3.05) is 20.2 Å². The molecule has 0 aliphatic carbocycles. The normalized spacial score (nSPS) is 15.1. The first-order valence-electron chi connectivity index (χ1n) is 7.78. The van der Waals surface area contributed by atoms with E-state index in [9.17, 15) is 0 Å². The molecule has 2 aromatic rings. The second-order valence-electron chi connectivity index (χ2n) is 5.75. The first kappa shape index (κ1) is 16.9. The van der Waals surface area contributed by atoms with Gasteiger partial charge in [-0.2, -0.15) is 0 Å². The molecule has 0 bridgehead atoms. The van der Waals surface area contributed by atoms with Gasteiger partial charge in [0.05, 0.1) is 7.11 Å². The maximum Gasteiger partial charge on any atom is 0.118 e. The molecule has 1 saturated heterocycles. The number of hydrogen-bond donors (Lipinski definition) is 1. The monoisotopic (exact) mass is 317 g/mol. The van der Waals surface area contributed by atoms with Crippen molar-refractivity contribution in [3.05, 3.63) is 65.2 Å². The summed E-state index contributed by atoms with van der Waals surface area (Å²) in [6.45, 7) is 2.28. The van der Waals surface area contributed by atoms with Gasteiger partial charge in [-0.05, 0) is 67.1 Å². The Balaban J connectivity index is 0.00000176. The van der Waals surface area contributed by atoms with Gasteiger partial charge in [-0.3, -0.25) is 0 Å². The van der Waals surface area contributed by atoms with Crippen molar-refractivity contribution in [3.8, 4) is 5.75 Å². The van der Waals surface area contributed by atoms with Crippen LogP contribution in [0.1, 0.15) is 35.4 Å². The first-order valence-corrected chi connectivity index (χ1v) is 7.78. The molecule has 22 heavy (non-hydrogen) atoms. The van der Waals surface area contributed by atoms with Gasteiger partial charge in [0.25, 0.3) is 0 Å². The van der Waals surface area contributed by atoms with Crippen LogP contribution in [0.25, 0.3) is 0 Å². The summed E-state index contributed by atoms with van der Waals surface area (Å²) in [4.78, 5) is 0. The minimum atomic E-state index is 0. The predicted octanol–water partition coefficient (Wildman–Crippen LogP) is 4.17. The lowest BCUT2D eigenvalue weighted by molar-refractivity contribution is 0.414. The van der Waals surface area contributed by atoms with Gasteiger partial charge in [-0.25, -0.2) is 0 Å². The summed E-state index contributed by atoms with van der Waals surface area (Å²) in [6, 6.07) is 17.3. The fourth-order valence-electron chi connectivity index (χ4n) is 3.19. The zero-order valence-electron chi connectivity index (χ0n) is 13.0. The Kier molecular flexibility index (Phi) is 6.29. The van der Waals surface area contributed by atoms with Gasteiger partial charge in [-0.1, -0.05) is 36.4 Å². The van der Waals surface area contributed by atoms with Crippen molar-refractivity contribution in [2.45, 2.75) is 25.2 Å². The van der Waals surface area contributed by atoms with Crippen molar-refractivity contribution in [3.63, 3.8) is 0 Å². The molecule has 1 aliphatic rings. The standard InChI is InChI=1S/C19H23NO.ClH/c1-21-18-8-6-15(7-9-18)14-17-4-2-3-5-19(17)16-10-12-20-13-11-16;/h2-9,16,20H,10-14H2,1H3;1H. The summed E-state index contributed by atoms with van der Waals surface area (Å²) < 4.78 is 5.23. The average molecular weight is 318 g/mol. The minimum Gasteiger partial charge on any atom is -0.497 e. The predicted molar refractivity (Wildman–Crippen MR) is 94.3 cm³/mol. The van der Waals surface area contributed by atoms with Crippen LogP contribution in [0.4, 0.5) is 0 Å². The van der Waals surface area contributed by atoms with Crippen LogP contribution in [0, 0.1) is 0 Å². The molecule has 0 radical (unpaired) electrons. The first-order chi connectivity index (χ1) is 10.4. The molecule has 3 heteroatoms. The molecule has 2 nitrogen and oxygen atoms in total. The Hall–Kier alpha value is -1.51. The summed E-state index contributed by atoms with van der Waals surface area (Å²) in [5.41, 5.74) is 4.35. The van der Waals surface area contributed by atoms with Crippen LogP contribution in [0.5, 0.6) is 5.75 Å². The number of piperidine rings is 1. The number of halogens is 1. The molecule has 0 saturated carbocycles. The molecule has 0 amide bonds. The molecular formula is C19H24ClNO. The Labute approximate surface area is 139 Å². The van der Waals surface area contributed by atoms with E-state index in [1.165, 1.54) is 29.5 Å². The van der Waals surface area contributed by atoms with E-state index in [1.807, 2.05) is 12.1 Å². The zero-order valence-corrected chi connectivity index (χ0v) is 13.9. The Morgan fingerprint density at radius 2 is 1.68 bits per heavy atom. The van der Waals surface area contributed by atoms with Crippen LogP contribution >= 0.6 is 12.4 Å². The molecule has 1 aliphatic heterocycles. The van der Waals surface area contributed by atoms with E-state index in [0.29, 0.717) is 5.92 Å². The van der Waals surface area contributed by atoms with E-state index in [0.717, 1.165) is 25.3 Å². The highest BCUT2D eigenvalue weighted by atomic mass is 35.5. The number of rotatable bonds is 4. The van der Waals surface area contributed by atoms with Gasteiger partial charge in [0.15, 0.2) is 0 Å². The number of ether oxygens (including phenoxy) is 1. The lowest BCUT2D eigenvalue weighted by atomic mass is 9.85. The average Bonchev–Trinajstić information content (AvgIpc) is 2.57. The molecule has 1 N–H and O–H groups in total. The van der Waals surface area contributed by atoms with E-state index < -0.39 is 0 Å². The lowest BCUT2D eigenvalue weighted by Gasteiger charge is -2.25. The van der Waals surface area contributed by atoms with Gasteiger partial charge in [0.2, 0.25) is 0 Å². The third-order valence-corrected chi connectivity index (χ3v) is 4.39. The fourth-order valence-corrected chi connectivity index (χ4v) is 3.19. The third-order valence-electron chi connectivity index (χ3n) is 4.39. The van der Waals surface area contributed by atoms with E-state index in [2.05, 4.69) is 41.7 Å². The molecule has 1 fully saturated rings. The van der Waals surface area contributed by atoms with Crippen LogP contribution in [0.3, 0.4) is 0 Å². The fraction of sp³-hybridized carbons (Fsp3) is 0.368. The molecule has 0 spiro atoms. The quantitative estimate of drug-likeness (QED) is 0.913. The summed E-state index contributed by atoms with van der Waals surface area (Å²) in [5.74, 6) is 1.63. The smallest absolute Gasteiger partial charge is 0.118 e. The molecule has 2 aromatic carbocycles. The summed E-state index contributed by atoms with van der Waals surface area (Å²) in [5, 5.41) is 3.45. The second-order valence-corrected chi connectivity index (χ2v) is 5.75. The second kappa shape index (κ2) is 8.21. The van der Waals surface area contributed by atoms with Crippen LogP contribution < -0.4 is 10.1 Å². The lowest BCUT2D eigenvalue weighted by Crippen LogP contribution is -2.27. The maximum atomic E-state index is 5.23. The SMILES string of the molecule is COc1ccc(Cc2ccccc2C2CCNCC2)cc1.Cl. The number of hydrogen-bond acceptors (Lipinski definition) is 2. The molecule has 3 rings (SSSR count). The van der Waals surface area contributed by atoms with Crippen LogP contribution in [0.15, 0.2) is 48.5 Å². The Morgan fingerprint density at radius 1 is 1.00 bits per heavy atom. The van der Waals surface area contributed by atoms with Gasteiger partial charge in [0.1, 0.15) is 5.75 Å². The molecular weight excluding hydrogens is 294 g/mol. The van der Waals surface area contributed by atoms with Gasteiger partial charge in [-0.15, -0.1) is 12.4 Å². The third kappa shape index (κ3) is 4.02. The van der Waals surface area contributed by atoms with Gasteiger partial charge >= 0.3 is 0 Å². The van der Waals surface area contributed by atoms with Crippen molar-refractivity contribution >= 4 is 12.4 Å². The Morgan fingerprint density at radius 3 is 2.36 bits per heavy atom. The highest BCUT2D eigenvalue weighted by Crippen LogP contribution is 2.29. The topological polar surface area (TPSA) is 21.3 Å². The van der Waals surface area contributed by atoms with Gasteiger partial charge < -0.3 is 10.1 Å². The van der Waals surface area contributed by atoms with Crippen LogP contribution in [-0.4, -0.2) is 20.2 Å². The minimum absolute atomic E-state index is 0. The summed E-state index contributed by atoms with van der Waals surface area (Å²) in [7, 11) is 1.71. The Bertz CT molecular complexity index is 576. The molecule has 0 unspecified atom stereocenters. The number of methoxy groups -OCH3 is 1. The van der Waals surface area contributed by atoms with E-state index in [4.69, 9.17) is 4.74 Å². The number of benzene rings is 2. The largest absolute Gasteiger partial charge is 0.497 e. The molecule has 118 valence electrons. The van der Waals surface area contributed by atoms with Crippen molar-refractivity contribution in [1.29, 1.82) is 0 Å². The van der Waals surface area contributed by atoms with Crippen LogP contribution in [0.2, 0.25) is 0 Å². The molecule has 0 atom stereocenters.